The van der Waals surface area contributed by atoms with Crippen molar-refractivity contribution in [1.82, 2.24) is 29.2 Å². The molecule has 9 heteroatoms. The lowest BCUT2D eigenvalue weighted by molar-refractivity contribution is 0.0297. The van der Waals surface area contributed by atoms with Crippen molar-refractivity contribution in [1.29, 1.82) is 0 Å². The average Bonchev–Trinajstić information content (AvgIpc) is 3.58. The fourth-order valence-electron chi connectivity index (χ4n) is 5.82. The first-order chi connectivity index (χ1) is 19.2. The van der Waals surface area contributed by atoms with Gasteiger partial charge in [0.15, 0.2) is 5.82 Å². The minimum absolute atomic E-state index is 0.531. The van der Waals surface area contributed by atoms with Crippen LogP contribution in [0.5, 0.6) is 0 Å². The van der Waals surface area contributed by atoms with E-state index in [-0.39, 0.29) is 0 Å². The van der Waals surface area contributed by atoms with Gasteiger partial charge in [0.2, 0.25) is 0 Å². The summed E-state index contributed by atoms with van der Waals surface area (Å²) in [7, 11) is 0. The lowest BCUT2D eigenvalue weighted by Gasteiger charge is -2.36. The summed E-state index contributed by atoms with van der Waals surface area (Å²) in [6, 6.07) is 11.2. The van der Waals surface area contributed by atoms with Gasteiger partial charge in [-0.2, -0.15) is 0 Å². The molecule has 2 N–H and O–H groups in total. The van der Waals surface area contributed by atoms with Crippen molar-refractivity contribution in [3.8, 4) is 0 Å². The molecule has 8 nitrogen and oxygen atoms in total. The molecule has 1 aromatic carbocycles. The maximum absolute atomic E-state index is 6.36. The number of nitrogens with two attached hydrogens (primary N) is 1. The molecule has 0 bridgehead atoms. The third-order valence-electron chi connectivity index (χ3n) is 8.21. The van der Waals surface area contributed by atoms with Crippen LogP contribution < -0.4 is 5.73 Å². The molecule has 208 valence electrons. The summed E-state index contributed by atoms with van der Waals surface area (Å²) in [6.07, 6.45) is 3.21. The van der Waals surface area contributed by atoms with Crippen molar-refractivity contribution in [2.75, 3.05) is 71.3 Å². The summed E-state index contributed by atoms with van der Waals surface area (Å²) in [4.78, 5) is 17.3. The van der Waals surface area contributed by atoms with E-state index >= 15 is 0 Å². The fraction of sp³-hybridized carbons (Fsp3) is 0.533. The molecule has 2 aliphatic heterocycles. The zero-order valence-electron chi connectivity index (χ0n) is 23.1. The molecule has 3 aromatic heterocycles. The Morgan fingerprint density at radius 1 is 0.846 bits per heavy atom. The number of hydrogen-bond donors (Lipinski definition) is 1. The number of rotatable bonds is 10. The normalized spacial score (nSPS) is 18.0. The number of piperazine rings is 1. The Kier molecular flexibility index (Phi) is 8.41. The Hall–Kier alpha value is -2.56. The van der Waals surface area contributed by atoms with E-state index < -0.39 is 0 Å². The van der Waals surface area contributed by atoms with E-state index in [1.165, 1.54) is 22.4 Å². The van der Waals surface area contributed by atoms with Gasteiger partial charge in [-0.1, -0.05) is 37.6 Å². The molecule has 0 aliphatic carbocycles. The lowest BCUT2D eigenvalue weighted by atomic mass is 10.1. The number of aryl methyl sites for hydroxylation is 1. The molecule has 0 amide bonds. The lowest BCUT2D eigenvalue weighted by Crippen LogP contribution is -2.49. The van der Waals surface area contributed by atoms with Gasteiger partial charge in [-0.15, -0.1) is 11.3 Å². The molecular formula is C30H41N7OS. The Bertz CT molecular complexity index is 1370. The minimum atomic E-state index is 0.531. The number of imidazole rings is 1. The maximum Gasteiger partial charge on any atom is 0.152 e. The van der Waals surface area contributed by atoms with E-state index in [2.05, 4.69) is 66.9 Å². The number of ether oxygens (including phenoxy) is 1. The molecule has 2 fully saturated rings. The van der Waals surface area contributed by atoms with E-state index in [9.17, 15) is 0 Å². The van der Waals surface area contributed by atoms with Gasteiger partial charge in [0.25, 0.3) is 0 Å². The number of morpholine rings is 1. The molecule has 0 unspecified atom stereocenters. The highest BCUT2D eigenvalue weighted by molar-refractivity contribution is 7.18. The van der Waals surface area contributed by atoms with Gasteiger partial charge in [0.1, 0.15) is 11.3 Å². The molecule has 5 heterocycles. The second kappa shape index (κ2) is 12.3. The van der Waals surface area contributed by atoms with Crippen molar-refractivity contribution in [2.24, 2.45) is 0 Å². The van der Waals surface area contributed by atoms with Crippen LogP contribution in [0.25, 0.3) is 21.3 Å². The zero-order valence-corrected chi connectivity index (χ0v) is 24.0. The van der Waals surface area contributed by atoms with Gasteiger partial charge in [-0.3, -0.25) is 14.7 Å². The van der Waals surface area contributed by atoms with Crippen LogP contribution in [0.3, 0.4) is 0 Å². The van der Waals surface area contributed by atoms with E-state index in [4.69, 9.17) is 15.5 Å². The Balaban J connectivity index is 1.09. The van der Waals surface area contributed by atoms with Gasteiger partial charge in [0, 0.05) is 71.9 Å². The molecule has 0 radical (unpaired) electrons. The Morgan fingerprint density at radius 2 is 1.51 bits per heavy atom. The average molecular weight is 548 g/mol. The van der Waals surface area contributed by atoms with Crippen LogP contribution >= 0.6 is 11.3 Å². The summed E-state index contributed by atoms with van der Waals surface area (Å²) in [5.74, 6) is 1.64. The highest BCUT2D eigenvalue weighted by atomic mass is 32.1. The predicted molar refractivity (Wildman–Crippen MR) is 160 cm³/mol. The zero-order chi connectivity index (χ0) is 26.6. The van der Waals surface area contributed by atoms with Crippen molar-refractivity contribution >= 4 is 38.4 Å². The summed E-state index contributed by atoms with van der Waals surface area (Å²) in [5.41, 5.74) is 12.0. The summed E-state index contributed by atoms with van der Waals surface area (Å²) >= 11 is 1.72. The second-order valence-electron chi connectivity index (χ2n) is 10.9. The molecule has 6 rings (SSSR count). The monoisotopic (exact) mass is 547 g/mol. The molecule has 0 atom stereocenters. The largest absolute Gasteiger partial charge is 0.382 e. The van der Waals surface area contributed by atoms with Crippen molar-refractivity contribution < 1.29 is 4.74 Å². The molecule has 2 saturated heterocycles. The van der Waals surface area contributed by atoms with Gasteiger partial charge in [-0.05, 0) is 29.0 Å². The number of thiophene rings is 1. The maximum atomic E-state index is 6.36. The molecule has 2 aliphatic rings. The molecule has 0 saturated carbocycles. The number of anilines is 1. The Labute approximate surface area is 235 Å². The first-order valence-electron chi connectivity index (χ1n) is 14.5. The Morgan fingerprint density at radius 3 is 2.23 bits per heavy atom. The molecule has 39 heavy (non-hydrogen) atoms. The van der Waals surface area contributed by atoms with Crippen LogP contribution in [-0.4, -0.2) is 94.8 Å². The van der Waals surface area contributed by atoms with Crippen LogP contribution in [-0.2, 0) is 24.2 Å². The third-order valence-corrected chi connectivity index (χ3v) is 9.12. The number of hydrogen-bond acceptors (Lipinski definition) is 8. The van der Waals surface area contributed by atoms with Gasteiger partial charge in [0.05, 0.1) is 28.9 Å². The highest BCUT2D eigenvalue weighted by Gasteiger charge is 2.20. The minimum Gasteiger partial charge on any atom is -0.382 e. The summed E-state index contributed by atoms with van der Waals surface area (Å²) in [6.45, 7) is 14.9. The highest BCUT2D eigenvalue weighted by Crippen LogP contribution is 2.33. The van der Waals surface area contributed by atoms with E-state index in [0.29, 0.717) is 5.82 Å². The predicted octanol–water partition coefficient (Wildman–Crippen LogP) is 4.07. The molecule has 4 aromatic rings. The first kappa shape index (κ1) is 26.7. The molecule has 0 spiro atoms. The standard InChI is InChI=1S/C30H41N7OS/c1-2-3-4-26-33-27-28(29-25(9-20-39-29)32-30(27)31)37(26)22-24-7-5-23(6-8-24)21-36-14-12-34(13-15-36)10-11-35-16-18-38-19-17-35/h5-9,20H,2-4,10-19,21-22H2,1H3,(H2,31,32). The smallest absolute Gasteiger partial charge is 0.152 e. The number of nitrogens with zero attached hydrogens (tertiary/aromatic N) is 6. The quantitative estimate of drug-likeness (QED) is 0.321. The number of unbranched alkanes of at least 4 members (excludes halogenated alkanes) is 1. The van der Waals surface area contributed by atoms with Crippen LogP contribution in [0, 0.1) is 0 Å². The topological polar surface area (TPSA) is 75.7 Å². The van der Waals surface area contributed by atoms with E-state index in [0.717, 1.165) is 114 Å². The number of benzene rings is 1. The summed E-state index contributed by atoms with van der Waals surface area (Å²) in [5, 5.41) is 2.10. The van der Waals surface area contributed by atoms with Gasteiger partial charge in [-0.25, -0.2) is 9.97 Å². The first-order valence-corrected chi connectivity index (χ1v) is 15.4. The number of fused-ring (bicyclic) bond motifs is 3. The van der Waals surface area contributed by atoms with Gasteiger partial charge < -0.3 is 15.0 Å². The summed E-state index contributed by atoms with van der Waals surface area (Å²) < 4.78 is 9.03. The fourth-order valence-corrected chi connectivity index (χ4v) is 6.71. The van der Waals surface area contributed by atoms with Gasteiger partial charge >= 0.3 is 0 Å². The van der Waals surface area contributed by atoms with Crippen LogP contribution in [0.2, 0.25) is 0 Å². The number of nitrogen functional groups attached to an aromatic ring is 1. The van der Waals surface area contributed by atoms with Crippen LogP contribution in [0.15, 0.2) is 35.7 Å². The van der Waals surface area contributed by atoms with Crippen LogP contribution in [0.4, 0.5) is 5.82 Å². The van der Waals surface area contributed by atoms with E-state index in [1.807, 2.05) is 0 Å². The van der Waals surface area contributed by atoms with Crippen molar-refractivity contribution in [2.45, 2.75) is 39.3 Å². The van der Waals surface area contributed by atoms with Crippen molar-refractivity contribution in [3.63, 3.8) is 0 Å². The van der Waals surface area contributed by atoms with Crippen molar-refractivity contribution in [3.05, 3.63) is 52.7 Å². The number of aromatic nitrogens is 3. The van der Waals surface area contributed by atoms with E-state index in [1.54, 1.807) is 11.3 Å². The number of pyridine rings is 1. The third kappa shape index (κ3) is 6.12. The van der Waals surface area contributed by atoms with Crippen LogP contribution in [0.1, 0.15) is 36.7 Å². The second-order valence-corrected chi connectivity index (χ2v) is 11.9. The SMILES string of the molecule is CCCCc1nc2c(N)nc3ccsc3c2n1Cc1ccc(CN2CCN(CCN3CCOCC3)CC2)cc1. The molecular weight excluding hydrogens is 506 g/mol.